The molecule has 2 aromatic carbocycles. The lowest BCUT2D eigenvalue weighted by Gasteiger charge is -2.19. The van der Waals surface area contributed by atoms with Crippen molar-refractivity contribution in [2.24, 2.45) is 0 Å². The van der Waals surface area contributed by atoms with Crippen LogP contribution in [0, 0.1) is 0 Å². The molecule has 1 atom stereocenters. The highest BCUT2D eigenvalue weighted by Gasteiger charge is 2.10. The van der Waals surface area contributed by atoms with Gasteiger partial charge in [0, 0.05) is 12.6 Å². The van der Waals surface area contributed by atoms with E-state index in [4.69, 9.17) is 0 Å². The summed E-state index contributed by atoms with van der Waals surface area (Å²) in [6.45, 7) is 3.23. The lowest BCUT2D eigenvalue weighted by Crippen LogP contribution is -2.21. The third-order valence-corrected chi connectivity index (χ3v) is 4.94. The molecule has 2 aromatic rings. The number of unbranched alkanes of at least 4 members (excludes halogenated alkanes) is 7. The molecule has 0 unspecified atom stereocenters. The van der Waals surface area contributed by atoms with E-state index in [1.165, 1.54) is 68.9 Å². The third-order valence-electron chi connectivity index (χ3n) is 4.94. The smallest absolute Gasteiger partial charge is 0.0323 e. The zero-order chi connectivity index (χ0) is 17.6. The summed E-state index contributed by atoms with van der Waals surface area (Å²) < 4.78 is 0. The maximum absolute atomic E-state index is 3.77. The van der Waals surface area contributed by atoms with Crippen molar-refractivity contribution >= 4 is 0 Å². The molecule has 0 saturated carbocycles. The van der Waals surface area contributed by atoms with Gasteiger partial charge in [-0.25, -0.2) is 0 Å². The Morgan fingerprint density at radius 3 is 1.88 bits per heavy atom. The molecule has 0 heterocycles. The van der Waals surface area contributed by atoms with Gasteiger partial charge >= 0.3 is 0 Å². The summed E-state index contributed by atoms with van der Waals surface area (Å²) in [5, 5.41) is 3.77. The molecule has 0 fully saturated rings. The predicted molar refractivity (Wildman–Crippen MR) is 110 cm³/mol. The lowest BCUT2D eigenvalue weighted by molar-refractivity contribution is 0.464. The summed E-state index contributed by atoms with van der Waals surface area (Å²) in [7, 11) is 0. The zero-order valence-electron chi connectivity index (χ0n) is 15.9. The van der Waals surface area contributed by atoms with Crippen molar-refractivity contribution in [3.63, 3.8) is 0 Å². The average molecular weight is 338 g/mol. The second-order valence-electron chi connectivity index (χ2n) is 7.09. The molecular weight excluding hydrogens is 302 g/mol. The van der Waals surface area contributed by atoms with E-state index in [2.05, 4.69) is 72.9 Å². The maximum Gasteiger partial charge on any atom is 0.0323 e. The Bertz CT molecular complexity index is 535. The molecule has 0 aliphatic heterocycles. The van der Waals surface area contributed by atoms with Gasteiger partial charge < -0.3 is 5.32 Å². The molecule has 0 aliphatic rings. The molecule has 0 radical (unpaired) electrons. The molecule has 136 valence electrons. The Morgan fingerprint density at radius 1 is 0.680 bits per heavy atom. The van der Waals surface area contributed by atoms with E-state index in [0.29, 0.717) is 6.04 Å². The van der Waals surface area contributed by atoms with Crippen LogP contribution in [-0.4, -0.2) is 0 Å². The molecule has 0 spiro atoms. The van der Waals surface area contributed by atoms with E-state index < -0.39 is 0 Å². The second kappa shape index (κ2) is 12.7. The van der Waals surface area contributed by atoms with Crippen LogP contribution in [0.3, 0.4) is 0 Å². The van der Waals surface area contributed by atoms with Crippen LogP contribution in [-0.2, 0) is 6.54 Å². The first-order chi connectivity index (χ1) is 12.4. The molecule has 1 N–H and O–H groups in total. The van der Waals surface area contributed by atoms with Gasteiger partial charge in [0.25, 0.3) is 0 Å². The molecule has 0 saturated heterocycles. The van der Waals surface area contributed by atoms with Gasteiger partial charge in [-0.05, 0) is 17.5 Å². The highest BCUT2D eigenvalue weighted by atomic mass is 14.9. The van der Waals surface area contributed by atoms with E-state index in [9.17, 15) is 0 Å². The second-order valence-corrected chi connectivity index (χ2v) is 7.09. The fourth-order valence-corrected chi connectivity index (χ4v) is 3.39. The molecule has 25 heavy (non-hydrogen) atoms. The van der Waals surface area contributed by atoms with Gasteiger partial charge in [0.05, 0.1) is 0 Å². The molecule has 0 bridgehead atoms. The van der Waals surface area contributed by atoms with Gasteiger partial charge in [0.15, 0.2) is 0 Å². The van der Waals surface area contributed by atoms with Crippen LogP contribution in [0.2, 0.25) is 0 Å². The SMILES string of the molecule is CCCCCCCCCC[C@H](NCc1ccccc1)c1ccccc1. The molecule has 0 aliphatic carbocycles. The number of hydrogen-bond donors (Lipinski definition) is 1. The zero-order valence-corrected chi connectivity index (χ0v) is 15.9. The van der Waals surface area contributed by atoms with Gasteiger partial charge in [-0.15, -0.1) is 0 Å². The summed E-state index contributed by atoms with van der Waals surface area (Å²) in [6, 6.07) is 22.1. The van der Waals surface area contributed by atoms with Crippen LogP contribution in [0.4, 0.5) is 0 Å². The molecule has 0 aromatic heterocycles. The largest absolute Gasteiger partial charge is 0.306 e. The number of benzene rings is 2. The van der Waals surface area contributed by atoms with Crippen molar-refractivity contribution in [1.82, 2.24) is 5.32 Å². The fourth-order valence-electron chi connectivity index (χ4n) is 3.39. The van der Waals surface area contributed by atoms with E-state index in [-0.39, 0.29) is 0 Å². The Labute approximate surface area is 154 Å². The van der Waals surface area contributed by atoms with Crippen LogP contribution in [0.25, 0.3) is 0 Å². The van der Waals surface area contributed by atoms with Crippen molar-refractivity contribution < 1.29 is 0 Å². The minimum absolute atomic E-state index is 0.460. The molecular formula is C24H35N. The summed E-state index contributed by atoms with van der Waals surface area (Å²) in [5.74, 6) is 0. The van der Waals surface area contributed by atoms with E-state index >= 15 is 0 Å². The Hall–Kier alpha value is -1.60. The van der Waals surface area contributed by atoms with Crippen molar-refractivity contribution in [3.8, 4) is 0 Å². The highest BCUT2D eigenvalue weighted by Crippen LogP contribution is 2.21. The van der Waals surface area contributed by atoms with Crippen molar-refractivity contribution in [3.05, 3.63) is 71.8 Å². The van der Waals surface area contributed by atoms with E-state index in [0.717, 1.165) is 6.54 Å². The molecule has 2 rings (SSSR count). The predicted octanol–water partition coefficient (Wildman–Crippen LogP) is 7.05. The minimum Gasteiger partial charge on any atom is -0.306 e. The number of hydrogen-bond acceptors (Lipinski definition) is 1. The topological polar surface area (TPSA) is 12.0 Å². The van der Waals surface area contributed by atoms with Crippen molar-refractivity contribution in [1.29, 1.82) is 0 Å². The van der Waals surface area contributed by atoms with Crippen LogP contribution in [0.1, 0.15) is 81.9 Å². The Morgan fingerprint density at radius 2 is 1.24 bits per heavy atom. The van der Waals surface area contributed by atoms with Crippen LogP contribution >= 0.6 is 0 Å². The Balaban J connectivity index is 1.73. The molecule has 1 heteroatoms. The molecule has 0 amide bonds. The van der Waals surface area contributed by atoms with Crippen LogP contribution < -0.4 is 5.32 Å². The third kappa shape index (κ3) is 8.36. The van der Waals surface area contributed by atoms with Crippen molar-refractivity contribution in [2.45, 2.75) is 77.3 Å². The first kappa shape index (κ1) is 19.7. The van der Waals surface area contributed by atoms with Gasteiger partial charge in [-0.1, -0.05) is 119 Å². The van der Waals surface area contributed by atoms with Gasteiger partial charge in [-0.2, -0.15) is 0 Å². The lowest BCUT2D eigenvalue weighted by atomic mass is 9.99. The maximum atomic E-state index is 3.77. The van der Waals surface area contributed by atoms with Gasteiger partial charge in [0.1, 0.15) is 0 Å². The van der Waals surface area contributed by atoms with Crippen LogP contribution in [0.15, 0.2) is 60.7 Å². The summed E-state index contributed by atoms with van der Waals surface area (Å²) in [4.78, 5) is 0. The van der Waals surface area contributed by atoms with Gasteiger partial charge in [0.2, 0.25) is 0 Å². The normalized spacial score (nSPS) is 12.2. The standard InChI is InChI=1S/C24H35N/c1-2-3-4-5-6-7-8-15-20-24(23-18-13-10-14-19-23)25-21-22-16-11-9-12-17-22/h9-14,16-19,24-25H,2-8,15,20-21H2,1H3/t24-/m0/s1. The minimum atomic E-state index is 0.460. The summed E-state index contributed by atoms with van der Waals surface area (Å²) in [5.41, 5.74) is 2.78. The van der Waals surface area contributed by atoms with Gasteiger partial charge in [-0.3, -0.25) is 0 Å². The van der Waals surface area contributed by atoms with E-state index in [1.54, 1.807) is 0 Å². The van der Waals surface area contributed by atoms with Crippen molar-refractivity contribution in [2.75, 3.05) is 0 Å². The highest BCUT2D eigenvalue weighted by molar-refractivity contribution is 5.20. The summed E-state index contributed by atoms with van der Waals surface area (Å²) >= 11 is 0. The Kier molecular flexibility index (Phi) is 10.0. The van der Waals surface area contributed by atoms with Crippen LogP contribution in [0.5, 0.6) is 0 Å². The molecule has 1 nitrogen and oxygen atoms in total. The average Bonchev–Trinajstić information content (AvgIpc) is 2.68. The number of nitrogens with one attached hydrogen (secondary N) is 1. The fraction of sp³-hybridized carbons (Fsp3) is 0.500. The van der Waals surface area contributed by atoms with E-state index in [1.807, 2.05) is 0 Å². The first-order valence-corrected chi connectivity index (χ1v) is 10.2. The monoisotopic (exact) mass is 337 g/mol. The quantitative estimate of drug-likeness (QED) is 0.386. The number of rotatable bonds is 13. The first-order valence-electron chi connectivity index (χ1n) is 10.2. The summed E-state index contributed by atoms with van der Waals surface area (Å²) in [6.07, 6.45) is 12.3.